The maximum absolute atomic E-state index is 11.0. The number of carboxylic acid groups (broad SMARTS) is 1. The lowest BCUT2D eigenvalue weighted by atomic mass is 10.2. The minimum atomic E-state index is -0.995. The van der Waals surface area contributed by atoms with E-state index in [-0.39, 0.29) is 5.56 Å². The molecule has 15 heavy (non-hydrogen) atoms. The molecule has 5 heteroatoms. The Kier molecular flexibility index (Phi) is 2.16. The first-order chi connectivity index (χ1) is 7.00. The van der Waals surface area contributed by atoms with Crippen molar-refractivity contribution in [2.24, 2.45) is 7.05 Å². The van der Waals surface area contributed by atoms with Gasteiger partial charge in [-0.05, 0) is 19.1 Å². The molecule has 2 aromatic rings. The van der Waals surface area contributed by atoms with Gasteiger partial charge in [0.25, 0.3) is 0 Å². The van der Waals surface area contributed by atoms with Gasteiger partial charge in [0.15, 0.2) is 0 Å². The molecule has 0 saturated carbocycles. The topological polar surface area (TPSA) is 55.1 Å². The zero-order valence-electron chi connectivity index (χ0n) is 8.28. The highest BCUT2D eigenvalue weighted by atomic mass is 35.5. The van der Waals surface area contributed by atoms with Gasteiger partial charge < -0.3 is 9.67 Å². The fraction of sp³-hybridized carbons (Fsp3) is 0.200. The highest BCUT2D eigenvalue weighted by Crippen LogP contribution is 2.24. The highest BCUT2D eigenvalue weighted by Gasteiger charge is 2.15. The van der Waals surface area contributed by atoms with Gasteiger partial charge in [-0.2, -0.15) is 0 Å². The van der Waals surface area contributed by atoms with E-state index in [0.29, 0.717) is 16.1 Å². The Morgan fingerprint density at radius 3 is 2.80 bits per heavy atom. The highest BCUT2D eigenvalue weighted by molar-refractivity contribution is 6.31. The molecule has 0 aliphatic carbocycles. The van der Waals surface area contributed by atoms with E-state index in [0.717, 1.165) is 5.82 Å². The molecule has 0 fully saturated rings. The molecule has 4 nitrogen and oxygen atoms in total. The number of hydrogen-bond donors (Lipinski definition) is 1. The molecular formula is C10H9ClN2O2. The van der Waals surface area contributed by atoms with Crippen LogP contribution in [0.5, 0.6) is 0 Å². The Morgan fingerprint density at radius 1 is 1.53 bits per heavy atom. The number of fused-ring (bicyclic) bond motifs is 1. The molecule has 1 heterocycles. The predicted octanol–water partition coefficient (Wildman–Crippen LogP) is 2.23. The van der Waals surface area contributed by atoms with E-state index in [1.165, 1.54) is 6.07 Å². The average Bonchev–Trinajstić information content (AvgIpc) is 2.41. The van der Waals surface area contributed by atoms with Crippen molar-refractivity contribution in [2.45, 2.75) is 6.92 Å². The van der Waals surface area contributed by atoms with Crippen LogP contribution >= 0.6 is 11.6 Å². The second-order valence-electron chi connectivity index (χ2n) is 3.34. The second-order valence-corrected chi connectivity index (χ2v) is 3.78. The number of carbonyl (C=O) groups is 1. The third-order valence-electron chi connectivity index (χ3n) is 2.39. The van der Waals surface area contributed by atoms with Crippen LogP contribution in [0.3, 0.4) is 0 Å². The quantitative estimate of drug-likeness (QED) is 0.808. The molecule has 0 bridgehead atoms. The molecule has 0 unspecified atom stereocenters. The number of halogens is 1. The third-order valence-corrected chi connectivity index (χ3v) is 2.61. The van der Waals surface area contributed by atoms with Crippen molar-refractivity contribution in [1.29, 1.82) is 0 Å². The van der Waals surface area contributed by atoms with E-state index in [1.807, 2.05) is 6.92 Å². The molecule has 1 N–H and O–H groups in total. The second kappa shape index (κ2) is 3.24. The van der Waals surface area contributed by atoms with Crippen molar-refractivity contribution >= 4 is 28.6 Å². The molecule has 1 aromatic carbocycles. The largest absolute Gasteiger partial charge is 0.478 e. The molecule has 2 rings (SSSR count). The van der Waals surface area contributed by atoms with Crippen LogP contribution in [0.2, 0.25) is 5.02 Å². The van der Waals surface area contributed by atoms with Gasteiger partial charge in [-0.25, -0.2) is 9.78 Å². The van der Waals surface area contributed by atoms with E-state index in [2.05, 4.69) is 4.98 Å². The molecule has 0 atom stereocenters. The minimum absolute atomic E-state index is 0.181. The van der Waals surface area contributed by atoms with Crippen molar-refractivity contribution in [3.8, 4) is 0 Å². The van der Waals surface area contributed by atoms with Crippen LogP contribution < -0.4 is 0 Å². The first-order valence-corrected chi connectivity index (χ1v) is 4.74. The summed E-state index contributed by atoms with van der Waals surface area (Å²) in [5, 5.41) is 9.43. The Bertz CT molecular complexity index is 560. The van der Waals surface area contributed by atoms with Gasteiger partial charge in [0, 0.05) is 12.1 Å². The smallest absolute Gasteiger partial charge is 0.337 e. The number of hydrogen-bond acceptors (Lipinski definition) is 2. The van der Waals surface area contributed by atoms with Gasteiger partial charge in [-0.3, -0.25) is 0 Å². The van der Waals surface area contributed by atoms with Crippen molar-refractivity contribution in [1.82, 2.24) is 9.55 Å². The lowest BCUT2D eigenvalue weighted by molar-refractivity contribution is 0.0698. The van der Waals surface area contributed by atoms with E-state index in [1.54, 1.807) is 17.7 Å². The zero-order chi connectivity index (χ0) is 11.2. The molecule has 0 amide bonds. The molecule has 78 valence electrons. The summed E-state index contributed by atoms with van der Waals surface area (Å²) in [6.07, 6.45) is 0. The maximum Gasteiger partial charge on any atom is 0.337 e. The Morgan fingerprint density at radius 2 is 2.20 bits per heavy atom. The monoisotopic (exact) mass is 224 g/mol. The van der Waals surface area contributed by atoms with Crippen LogP contribution in [0.25, 0.3) is 11.0 Å². The van der Waals surface area contributed by atoms with E-state index in [9.17, 15) is 4.79 Å². The number of aromatic nitrogens is 2. The summed E-state index contributed by atoms with van der Waals surface area (Å²) < 4.78 is 1.75. The molecule has 0 aliphatic rings. The summed E-state index contributed by atoms with van der Waals surface area (Å²) in [6.45, 7) is 1.82. The standard InChI is InChI=1S/C10H9ClN2O2/c1-5-12-8-4-6(11)3-7(10(14)15)9(8)13(5)2/h3-4H,1-2H3,(H,14,15). The Balaban J connectivity index is 2.94. The van der Waals surface area contributed by atoms with Crippen LogP contribution in [0, 0.1) is 6.92 Å². The number of benzene rings is 1. The van der Waals surface area contributed by atoms with Crippen molar-refractivity contribution < 1.29 is 9.90 Å². The fourth-order valence-corrected chi connectivity index (χ4v) is 1.81. The maximum atomic E-state index is 11.0. The summed E-state index contributed by atoms with van der Waals surface area (Å²) in [5.74, 6) is -0.236. The van der Waals surface area contributed by atoms with Crippen LogP contribution in [-0.4, -0.2) is 20.6 Å². The summed E-state index contributed by atoms with van der Waals surface area (Å²) in [7, 11) is 1.78. The summed E-state index contributed by atoms with van der Waals surface area (Å²) in [6, 6.07) is 3.10. The van der Waals surface area contributed by atoms with E-state index >= 15 is 0 Å². The van der Waals surface area contributed by atoms with Gasteiger partial charge in [0.05, 0.1) is 16.6 Å². The zero-order valence-corrected chi connectivity index (χ0v) is 9.04. The third kappa shape index (κ3) is 1.47. The number of aromatic carboxylic acids is 1. The lowest BCUT2D eigenvalue weighted by Crippen LogP contribution is -2.01. The summed E-state index contributed by atoms with van der Waals surface area (Å²) in [4.78, 5) is 15.3. The van der Waals surface area contributed by atoms with Crippen molar-refractivity contribution in [3.63, 3.8) is 0 Å². The minimum Gasteiger partial charge on any atom is -0.478 e. The number of nitrogens with zero attached hydrogens (tertiary/aromatic N) is 2. The van der Waals surface area contributed by atoms with E-state index < -0.39 is 5.97 Å². The molecule has 1 aromatic heterocycles. The van der Waals surface area contributed by atoms with Gasteiger partial charge in [-0.1, -0.05) is 11.6 Å². The summed E-state index contributed by atoms with van der Waals surface area (Å²) in [5.41, 5.74) is 1.39. The van der Waals surface area contributed by atoms with Gasteiger partial charge in [-0.15, -0.1) is 0 Å². The number of rotatable bonds is 1. The molecule has 0 aliphatic heterocycles. The SMILES string of the molecule is Cc1nc2cc(Cl)cc(C(=O)O)c2n1C. The van der Waals surface area contributed by atoms with Crippen LogP contribution in [0.1, 0.15) is 16.2 Å². The van der Waals surface area contributed by atoms with Gasteiger partial charge in [0.1, 0.15) is 5.82 Å². The molecule has 0 radical (unpaired) electrons. The van der Waals surface area contributed by atoms with Crippen LogP contribution in [0.4, 0.5) is 0 Å². The van der Waals surface area contributed by atoms with Gasteiger partial charge >= 0.3 is 5.97 Å². The summed E-state index contributed by atoms with van der Waals surface area (Å²) >= 11 is 5.82. The normalized spacial score (nSPS) is 10.9. The number of aryl methyl sites for hydroxylation is 2. The molecule has 0 saturated heterocycles. The van der Waals surface area contributed by atoms with Crippen molar-refractivity contribution in [2.75, 3.05) is 0 Å². The Labute approximate surface area is 91.1 Å². The average molecular weight is 225 g/mol. The molecule has 0 spiro atoms. The van der Waals surface area contributed by atoms with Crippen LogP contribution in [-0.2, 0) is 7.05 Å². The van der Waals surface area contributed by atoms with Gasteiger partial charge in [0.2, 0.25) is 0 Å². The predicted molar refractivity (Wildman–Crippen MR) is 57.4 cm³/mol. The first kappa shape index (κ1) is 9.98. The van der Waals surface area contributed by atoms with E-state index in [4.69, 9.17) is 16.7 Å². The number of carboxylic acids is 1. The lowest BCUT2D eigenvalue weighted by Gasteiger charge is -2.01. The van der Waals surface area contributed by atoms with Crippen molar-refractivity contribution in [3.05, 3.63) is 28.5 Å². The number of imidazole rings is 1. The fourth-order valence-electron chi connectivity index (χ4n) is 1.60. The van der Waals surface area contributed by atoms with Crippen LogP contribution in [0.15, 0.2) is 12.1 Å². The first-order valence-electron chi connectivity index (χ1n) is 4.36. The Hall–Kier alpha value is -1.55. The molecular weight excluding hydrogens is 216 g/mol.